The molecular weight excluding hydrogens is 320 g/mol. The number of esters is 1. The van der Waals surface area contributed by atoms with E-state index in [0.29, 0.717) is 35.8 Å². The fourth-order valence-electron chi connectivity index (χ4n) is 2.62. The van der Waals surface area contributed by atoms with E-state index < -0.39 is 5.92 Å². The van der Waals surface area contributed by atoms with E-state index in [2.05, 4.69) is 0 Å². The fourth-order valence-corrected chi connectivity index (χ4v) is 2.62. The number of benzene rings is 2. The van der Waals surface area contributed by atoms with E-state index in [0.717, 1.165) is 5.56 Å². The van der Waals surface area contributed by atoms with Gasteiger partial charge in [0.15, 0.2) is 0 Å². The number of hydrogen-bond acceptors (Lipinski definition) is 5. The molecule has 0 heterocycles. The molecule has 0 saturated carbocycles. The zero-order valence-electron chi connectivity index (χ0n) is 15.1. The number of carbonyl (C=O) groups is 1. The van der Waals surface area contributed by atoms with Crippen molar-refractivity contribution in [1.82, 2.24) is 0 Å². The first-order chi connectivity index (χ1) is 12.1. The van der Waals surface area contributed by atoms with Gasteiger partial charge in [-0.1, -0.05) is 30.3 Å². The van der Waals surface area contributed by atoms with Crippen molar-refractivity contribution in [3.63, 3.8) is 0 Å². The Hall–Kier alpha value is -2.69. The van der Waals surface area contributed by atoms with Gasteiger partial charge in [0, 0.05) is 18.6 Å². The molecule has 2 aromatic rings. The molecule has 25 heavy (non-hydrogen) atoms. The molecule has 1 unspecified atom stereocenters. The van der Waals surface area contributed by atoms with Crippen LogP contribution >= 0.6 is 0 Å². The Morgan fingerprint density at radius 1 is 0.960 bits per heavy atom. The highest BCUT2D eigenvalue weighted by atomic mass is 16.5. The predicted molar refractivity (Wildman–Crippen MR) is 95.6 cm³/mol. The van der Waals surface area contributed by atoms with E-state index in [1.807, 2.05) is 30.3 Å². The van der Waals surface area contributed by atoms with Gasteiger partial charge in [0.25, 0.3) is 0 Å². The smallest absolute Gasteiger partial charge is 0.313 e. The molecule has 0 aliphatic rings. The highest BCUT2D eigenvalue weighted by molar-refractivity contribution is 5.80. The second kappa shape index (κ2) is 8.97. The van der Waals surface area contributed by atoms with Gasteiger partial charge in [-0.15, -0.1) is 0 Å². The molecule has 2 aromatic carbocycles. The van der Waals surface area contributed by atoms with Crippen molar-refractivity contribution in [2.45, 2.75) is 19.3 Å². The third-order valence-corrected chi connectivity index (χ3v) is 4.02. The molecule has 0 radical (unpaired) electrons. The summed E-state index contributed by atoms with van der Waals surface area (Å²) < 4.78 is 21.5. The lowest BCUT2D eigenvalue weighted by Crippen LogP contribution is -2.16. The highest BCUT2D eigenvalue weighted by Crippen LogP contribution is 2.39. The van der Waals surface area contributed by atoms with Crippen LogP contribution in [0.4, 0.5) is 0 Å². The Morgan fingerprint density at radius 3 is 2.08 bits per heavy atom. The van der Waals surface area contributed by atoms with Crippen LogP contribution in [0.2, 0.25) is 0 Å². The maximum Gasteiger partial charge on any atom is 0.313 e. The average molecular weight is 344 g/mol. The quantitative estimate of drug-likeness (QED) is 0.685. The van der Waals surface area contributed by atoms with Crippen LogP contribution in [0.15, 0.2) is 42.5 Å². The third kappa shape index (κ3) is 4.66. The summed E-state index contributed by atoms with van der Waals surface area (Å²) in [5, 5.41) is 0. The molecule has 0 aromatic heterocycles. The first-order valence-electron chi connectivity index (χ1n) is 8.11. The summed E-state index contributed by atoms with van der Waals surface area (Å²) in [5.74, 6) is 0.818. The highest BCUT2D eigenvalue weighted by Gasteiger charge is 2.25. The molecule has 0 fully saturated rings. The molecule has 0 bridgehead atoms. The minimum atomic E-state index is -0.522. The number of methoxy groups -OCH3 is 3. The number of ether oxygens (including phenoxy) is 4. The maximum absolute atomic E-state index is 12.5. The molecule has 2 rings (SSSR count). The number of carbonyl (C=O) groups excluding carboxylic acids is 1. The van der Waals surface area contributed by atoms with Gasteiger partial charge in [0.05, 0.1) is 39.4 Å². The van der Waals surface area contributed by atoms with Gasteiger partial charge < -0.3 is 18.9 Å². The van der Waals surface area contributed by atoms with Gasteiger partial charge in [-0.2, -0.15) is 0 Å². The van der Waals surface area contributed by atoms with E-state index in [1.165, 1.54) is 0 Å². The van der Waals surface area contributed by atoms with Crippen LogP contribution in [0, 0.1) is 0 Å². The summed E-state index contributed by atoms with van der Waals surface area (Å²) in [5.41, 5.74) is 1.78. The van der Waals surface area contributed by atoms with Crippen molar-refractivity contribution in [2.24, 2.45) is 0 Å². The summed E-state index contributed by atoms with van der Waals surface area (Å²) in [6.45, 7) is 2.10. The Bertz CT molecular complexity index is 671. The first kappa shape index (κ1) is 18.6. The van der Waals surface area contributed by atoms with Crippen molar-refractivity contribution in [2.75, 3.05) is 27.9 Å². The molecule has 0 N–H and O–H groups in total. The van der Waals surface area contributed by atoms with Crippen LogP contribution in [0.25, 0.3) is 0 Å². The Balaban J connectivity index is 2.10. The van der Waals surface area contributed by atoms with Crippen LogP contribution in [-0.2, 0) is 16.0 Å². The lowest BCUT2D eigenvalue weighted by atomic mass is 9.98. The predicted octanol–water partition coefficient (Wildman–Crippen LogP) is 3.60. The van der Waals surface area contributed by atoms with E-state index in [-0.39, 0.29) is 5.97 Å². The van der Waals surface area contributed by atoms with Crippen molar-refractivity contribution in [1.29, 1.82) is 0 Å². The molecule has 5 heteroatoms. The molecule has 0 aliphatic heterocycles. The summed E-state index contributed by atoms with van der Waals surface area (Å²) in [7, 11) is 4.66. The third-order valence-electron chi connectivity index (χ3n) is 4.02. The van der Waals surface area contributed by atoms with Crippen molar-refractivity contribution in [3.8, 4) is 17.2 Å². The van der Waals surface area contributed by atoms with Crippen molar-refractivity contribution >= 4 is 5.97 Å². The van der Waals surface area contributed by atoms with E-state index in [9.17, 15) is 4.79 Å². The number of hydrogen-bond donors (Lipinski definition) is 0. The summed E-state index contributed by atoms with van der Waals surface area (Å²) >= 11 is 0. The Kier molecular flexibility index (Phi) is 6.69. The van der Waals surface area contributed by atoms with Gasteiger partial charge in [-0.05, 0) is 12.5 Å². The van der Waals surface area contributed by atoms with E-state index in [4.69, 9.17) is 18.9 Å². The summed E-state index contributed by atoms with van der Waals surface area (Å²) in [4.78, 5) is 12.5. The van der Waals surface area contributed by atoms with Gasteiger partial charge in [-0.25, -0.2) is 0 Å². The zero-order valence-corrected chi connectivity index (χ0v) is 15.1. The first-order valence-corrected chi connectivity index (χ1v) is 8.11. The summed E-state index contributed by atoms with van der Waals surface area (Å²) in [6, 6.07) is 13.4. The molecule has 1 atom stereocenters. The van der Waals surface area contributed by atoms with Gasteiger partial charge in [0.2, 0.25) is 0 Å². The van der Waals surface area contributed by atoms with E-state index in [1.54, 1.807) is 40.4 Å². The van der Waals surface area contributed by atoms with Crippen LogP contribution in [0.5, 0.6) is 17.2 Å². The second-order valence-corrected chi connectivity index (χ2v) is 5.57. The maximum atomic E-state index is 12.5. The number of rotatable bonds is 8. The Morgan fingerprint density at radius 2 is 1.56 bits per heavy atom. The average Bonchev–Trinajstić information content (AvgIpc) is 2.66. The van der Waals surface area contributed by atoms with Crippen molar-refractivity contribution in [3.05, 3.63) is 53.6 Å². The molecule has 0 saturated heterocycles. The molecule has 5 nitrogen and oxygen atoms in total. The summed E-state index contributed by atoms with van der Waals surface area (Å²) in [6.07, 6.45) is 0.677. The Labute approximate surface area is 148 Å². The van der Waals surface area contributed by atoms with Gasteiger partial charge in [0.1, 0.15) is 17.2 Å². The lowest BCUT2D eigenvalue weighted by Gasteiger charge is -2.19. The monoisotopic (exact) mass is 344 g/mol. The molecule has 0 spiro atoms. The van der Waals surface area contributed by atoms with Crippen LogP contribution in [0.1, 0.15) is 24.0 Å². The second-order valence-electron chi connectivity index (χ2n) is 5.57. The van der Waals surface area contributed by atoms with Crippen LogP contribution in [-0.4, -0.2) is 33.9 Å². The topological polar surface area (TPSA) is 54.0 Å². The standard InChI is InChI=1S/C20H24O5/c1-14(20(21)25-11-10-15-8-6-5-7-9-15)19-17(23-3)12-16(22-2)13-18(19)24-4/h5-9,12-14H,10-11H2,1-4H3. The van der Waals surface area contributed by atoms with Gasteiger partial charge >= 0.3 is 5.97 Å². The minimum Gasteiger partial charge on any atom is -0.496 e. The van der Waals surface area contributed by atoms with Gasteiger partial charge in [-0.3, -0.25) is 4.79 Å². The van der Waals surface area contributed by atoms with Crippen LogP contribution in [0.3, 0.4) is 0 Å². The molecule has 134 valence electrons. The molecule has 0 aliphatic carbocycles. The zero-order chi connectivity index (χ0) is 18.2. The minimum absolute atomic E-state index is 0.322. The molecule has 0 amide bonds. The van der Waals surface area contributed by atoms with Crippen molar-refractivity contribution < 1.29 is 23.7 Å². The normalized spacial score (nSPS) is 11.5. The fraction of sp³-hybridized carbons (Fsp3) is 0.350. The van der Waals surface area contributed by atoms with E-state index >= 15 is 0 Å². The lowest BCUT2D eigenvalue weighted by molar-refractivity contribution is -0.145. The largest absolute Gasteiger partial charge is 0.496 e. The van der Waals surface area contributed by atoms with Crippen LogP contribution < -0.4 is 14.2 Å². The molecular formula is C20H24O5. The SMILES string of the molecule is COc1cc(OC)c(C(C)C(=O)OCCc2ccccc2)c(OC)c1.